The molecule has 0 atom stereocenters. The Bertz CT molecular complexity index is 1050. The number of hydrogen-bond donors (Lipinski definition) is 0. The highest BCUT2D eigenvalue weighted by atomic mass is 32.1. The summed E-state index contributed by atoms with van der Waals surface area (Å²) in [6, 6.07) is 7.69. The minimum atomic E-state index is 0.430. The molecule has 4 rings (SSSR count). The van der Waals surface area contributed by atoms with E-state index in [9.17, 15) is 4.79 Å². The second-order valence-corrected chi connectivity index (χ2v) is 6.55. The molecule has 0 aliphatic carbocycles. The number of thiazole rings is 1. The predicted octanol–water partition coefficient (Wildman–Crippen LogP) is 3.88. The summed E-state index contributed by atoms with van der Waals surface area (Å²) in [6.45, 7) is 1.97. The van der Waals surface area contributed by atoms with Crippen LogP contribution < -0.4 is 0 Å². The van der Waals surface area contributed by atoms with Crippen LogP contribution in [0.1, 0.15) is 16.2 Å². The van der Waals surface area contributed by atoms with Crippen LogP contribution in [0.2, 0.25) is 0 Å². The van der Waals surface area contributed by atoms with Crippen molar-refractivity contribution in [2.24, 2.45) is 7.05 Å². The van der Waals surface area contributed by atoms with E-state index in [-0.39, 0.29) is 0 Å². The van der Waals surface area contributed by atoms with Crippen molar-refractivity contribution in [3.8, 4) is 21.1 Å². The van der Waals surface area contributed by atoms with Crippen LogP contribution in [0.15, 0.2) is 42.9 Å². The lowest BCUT2D eigenvalue weighted by molar-refractivity contribution is 0.111. The predicted molar refractivity (Wildman–Crippen MR) is 95.2 cm³/mol. The van der Waals surface area contributed by atoms with Crippen molar-refractivity contribution in [3.63, 3.8) is 0 Å². The Kier molecular flexibility index (Phi) is 3.46. The van der Waals surface area contributed by atoms with E-state index >= 15 is 0 Å². The van der Waals surface area contributed by atoms with Crippen LogP contribution in [-0.4, -0.2) is 25.8 Å². The molecule has 0 saturated carbocycles. The highest BCUT2D eigenvalue weighted by molar-refractivity contribution is 7.18. The fraction of sp³-hybridized carbons (Fsp3) is 0.111. The average molecular weight is 334 g/mol. The lowest BCUT2D eigenvalue weighted by Crippen LogP contribution is -1.95. The van der Waals surface area contributed by atoms with Gasteiger partial charge in [-0.05, 0) is 31.2 Å². The lowest BCUT2D eigenvalue weighted by Gasteiger charge is -2.05. The third-order valence-corrected chi connectivity index (χ3v) is 5.13. The van der Waals surface area contributed by atoms with Gasteiger partial charge in [0.1, 0.15) is 16.4 Å². The van der Waals surface area contributed by atoms with E-state index in [2.05, 4.69) is 15.0 Å². The lowest BCUT2D eigenvalue weighted by atomic mass is 10.2. The highest BCUT2D eigenvalue weighted by Crippen LogP contribution is 2.37. The van der Waals surface area contributed by atoms with E-state index < -0.39 is 0 Å². The van der Waals surface area contributed by atoms with Gasteiger partial charge in [-0.1, -0.05) is 0 Å². The third kappa shape index (κ3) is 2.32. The summed E-state index contributed by atoms with van der Waals surface area (Å²) >= 11 is 1.57. The van der Waals surface area contributed by atoms with E-state index in [0.29, 0.717) is 5.69 Å². The van der Waals surface area contributed by atoms with Gasteiger partial charge in [-0.3, -0.25) is 9.78 Å². The average Bonchev–Trinajstić information content (AvgIpc) is 3.18. The van der Waals surface area contributed by atoms with Crippen LogP contribution in [0.3, 0.4) is 0 Å². The Morgan fingerprint density at radius 2 is 2.12 bits per heavy atom. The molecule has 4 aromatic rings. The minimum absolute atomic E-state index is 0.430. The van der Waals surface area contributed by atoms with Gasteiger partial charge < -0.3 is 4.57 Å². The van der Waals surface area contributed by atoms with E-state index in [0.717, 1.165) is 44.0 Å². The number of aromatic nitrogens is 4. The Balaban J connectivity index is 1.97. The molecule has 0 aliphatic rings. The summed E-state index contributed by atoms with van der Waals surface area (Å²) in [6.07, 6.45) is 6.31. The van der Waals surface area contributed by atoms with Crippen LogP contribution in [0.5, 0.6) is 0 Å². The van der Waals surface area contributed by atoms with Crippen molar-refractivity contribution in [1.29, 1.82) is 0 Å². The maximum absolute atomic E-state index is 11.3. The van der Waals surface area contributed by atoms with Crippen LogP contribution >= 0.6 is 11.3 Å². The van der Waals surface area contributed by atoms with Gasteiger partial charge in [0.2, 0.25) is 0 Å². The zero-order valence-corrected chi connectivity index (χ0v) is 14.0. The number of nitrogens with zero attached hydrogens (tertiary/aromatic N) is 4. The molecule has 0 N–H and O–H groups in total. The Labute approximate surface area is 142 Å². The molecule has 0 amide bonds. The summed E-state index contributed by atoms with van der Waals surface area (Å²) < 4.78 is 2.02. The second-order valence-electron chi connectivity index (χ2n) is 5.55. The largest absolute Gasteiger partial charge is 0.349 e. The van der Waals surface area contributed by atoms with Crippen molar-refractivity contribution in [2.75, 3.05) is 0 Å². The van der Waals surface area contributed by atoms with Gasteiger partial charge in [-0.25, -0.2) is 9.97 Å². The summed E-state index contributed by atoms with van der Waals surface area (Å²) in [7, 11) is 1.98. The van der Waals surface area contributed by atoms with Crippen molar-refractivity contribution >= 4 is 28.5 Å². The molecule has 0 fully saturated rings. The number of carbonyl (C=O) groups is 1. The van der Waals surface area contributed by atoms with E-state index in [1.807, 2.05) is 49.0 Å². The standard InChI is InChI=1S/C18H14N4OS/c1-11-17(24-18(20-11)13-4-3-6-19-9-13)15-16-12(5-7-22(16)2)8-14(10-23)21-15/h3-10H,1-2H3. The number of fused-ring (bicyclic) bond motifs is 1. The zero-order chi connectivity index (χ0) is 16.7. The van der Waals surface area contributed by atoms with Crippen molar-refractivity contribution in [2.45, 2.75) is 6.92 Å². The van der Waals surface area contributed by atoms with Crippen LogP contribution in [0.4, 0.5) is 0 Å². The van der Waals surface area contributed by atoms with Gasteiger partial charge in [0.15, 0.2) is 6.29 Å². The van der Waals surface area contributed by atoms with Gasteiger partial charge in [0.25, 0.3) is 0 Å². The van der Waals surface area contributed by atoms with Crippen molar-refractivity contribution in [3.05, 3.63) is 54.2 Å². The van der Waals surface area contributed by atoms with Crippen LogP contribution in [-0.2, 0) is 7.05 Å². The first-order valence-electron chi connectivity index (χ1n) is 7.47. The Morgan fingerprint density at radius 1 is 1.25 bits per heavy atom. The SMILES string of the molecule is Cc1nc(-c2cccnc2)sc1-c1nc(C=O)cc2ccn(C)c12. The number of rotatable bonds is 3. The molecule has 0 bridgehead atoms. The van der Waals surface area contributed by atoms with Gasteiger partial charge in [-0.15, -0.1) is 11.3 Å². The molecule has 4 aromatic heterocycles. The Hall–Kier alpha value is -2.86. The molecule has 0 aromatic carbocycles. The van der Waals surface area contributed by atoms with E-state index in [1.54, 1.807) is 23.7 Å². The fourth-order valence-electron chi connectivity index (χ4n) is 2.79. The number of aldehydes is 1. The smallest absolute Gasteiger partial charge is 0.168 e. The summed E-state index contributed by atoms with van der Waals surface area (Å²) in [5.41, 5.74) is 4.11. The van der Waals surface area contributed by atoms with Crippen LogP contribution in [0.25, 0.3) is 32.0 Å². The normalized spacial score (nSPS) is 11.1. The molecule has 0 radical (unpaired) electrons. The maximum Gasteiger partial charge on any atom is 0.168 e. The monoisotopic (exact) mass is 334 g/mol. The van der Waals surface area contributed by atoms with Crippen molar-refractivity contribution in [1.82, 2.24) is 19.5 Å². The van der Waals surface area contributed by atoms with Gasteiger partial charge >= 0.3 is 0 Å². The first-order valence-corrected chi connectivity index (χ1v) is 8.28. The summed E-state index contributed by atoms with van der Waals surface area (Å²) in [5.74, 6) is 0. The first-order chi connectivity index (χ1) is 11.7. The molecule has 24 heavy (non-hydrogen) atoms. The second kappa shape index (κ2) is 5.65. The molecule has 0 saturated heterocycles. The van der Waals surface area contributed by atoms with Crippen LogP contribution in [0, 0.1) is 6.92 Å². The quantitative estimate of drug-likeness (QED) is 0.534. The molecule has 0 spiro atoms. The Morgan fingerprint density at radius 3 is 2.88 bits per heavy atom. The van der Waals surface area contributed by atoms with E-state index in [4.69, 9.17) is 0 Å². The summed E-state index contributed by atoms with van der Waals surface area (Å²) in [5, 5.41) is 1.90. The molecular weight excluding hydrogens is 320 g/mol. The number of pyridine rings is 2. The molecule has 6 heteroatoms. The molecule has 0 aliphatic heterocycles. The molecule has 118 valence electrons. The zero-order valence-electron chi connectivity index (χ0n) is 13.2. The molecule has 0 unspecified atom stereocenters. The third-order valence-electron chi connectivity index (χ3n) is 3.91. The van der Waals surface area contributed by atoms with Gasteiger partial charge in [0.05, 0.1) is 16.1 Å². The maximum atomic E-state index is 11.3. The highest BCUT2D eigenvalue weighted by Gasteiger charge is 2.18. The number of aryl methyl sites for hydroxylation is 2. The van der Waals surface area contributed by atoms with Gasteiger partial charge in [-0.2, -0.15) is 0 Å². The molecule has 4 heterocycles. The summed E-state index contributed by atoms with van der Waals surface area (Å²) in [4.78, 5) is 25.6. The number of hydrogen-bond acceptors (Lipinski definition) is 5. The van der Waals surface area contributed by atoms with Gasteiger partial charge in [0, 0.05) is 36.6 Å². The van der Waals surface area contributed by atoms with E-state index in [1.165, 1.54) is 0 Å². The fourth-order valence-corrected chi connectivity index (χ4v) is 3.84. The first kappa shape index (κ1) is 14.7. The molecule has 5 nitrogen and oxygen atoms in total. The van der Waals surface area contributed by atoms with Crippen molar-refractivity contribution < 1.29 is 4.79 Å². The molecular formula is C18H14N4OS. The number of carbonyl (C=O) groups excluding carboxylic acids is 1. The topological polar surface area (TPSA) is 60.7 Å². The minimum Gasteiger partial charge on any atom is -0.349 e.